The van der Waals surface area contributed by atoms with E-state index in [9.17, 15) is 15.2 Å². The number of nitro groups is 1. The first-order valence-corrected chi connectivity index (χ1v) is 6.29. The maximum Gasteiger partial charge on any atom is 2.00 e. The molecule has 6 heteroatoms. The van der Waals surface area contributed by atoms with E-state index < -0.39 is 4.92 Å². The molecule has 0 radical (unpaired) electrons. The van der Waals surface area contributed by atoms with Gasteiger partial charge in [-0.05, 0) is 17.8 Å². The van der Waals surface area contributed by atoms with Gasteiger partial charge in [0.15, 0.2) is 0 Å². The molecular weight excluding hydrogens is 324 g/mol. The molecular formula is C16H14FeN2O3. The summed E-state index contributed by atoms with van der Waals surface area (Å²) in [4.78, 5) is 9.97. The van der Waals surface area contributed by atoms with E-state index in [1.54, 1.807) is 30.3 Å². The first-order valence-electron chi connectivity index (χ1n) is 6.29. The van der Waals surface area contributed by atoms with Gasteiger partial charge < -0.3 is 10.4 Å². The number of nitro benzene ring substituents is 1. The molecule has 0 bridgehead atoms. The van der Waals surface area contributed by atoms with Crippen molar-refractivity contribution in [3.63, 3.8) is 0 Å². The first-order chi connectivity index (χ1) is 10.2. The summed E-state index contributed by atoms with van der Waals surface area (Å²) >= 11 is 0. The molecule has 2 N–H and O–H groups in total. The van der Waals surface area contributed by atoms with Crippen molar-refractivity contribution in [3.8, 4) is 5.75 Å². The fraction of sp³-hybridized carbons (Fsp3) is 0. The summed E-state index contributed by atoms with van der Waals surface area (Å²) in [7, 11) is 0. The van der Waals surface area contributed by atoms with E-state index in [4.69, 9.17) is 0 Å². The molecule has 0 aliphatic rings. The molecule has 0 aliphatic heterocycles. The average Bonchev–Trinajstić information content (AvgIpc) is 3.15. The molecule has 0 unspecified atom stereocenters. The summed E-state index contributed by atoms with van der Waals surface area (Å²) < 4.78 is 0. The third kappa shape index (κ3) is 5.09. The molecule has 0 fully saturated rings. The molecule has 3 aromatic carbocycles. The zero-order chi connectivity index (χ0) is 15.1. The zero-order valence-electron chi connectivity index (χ0n) is 11.5. The van der Waals surface area contributed by atoms with Crippen molar-refractivity contribution < 1.29 is 27.1 Å². The van der Waals surface area contributed by atoms with Crippen LogP contribution in [0.3, 0.4) is 0 Å². The van der Waals surface area contributed by atoms with Crippen LogP contribution in [0.15, 0.2) is 72.8 Å². The van der Waals surface area contributed by atoms with Crippen LogP contribution >= 0.6 is 0 Å². The molecule has 0 amide bonds. The van der Waals surface area contributed by atoms with Crippen molar-refractivity contribution >= 4 is 17.1 Å². The van der Waals surface area contributed by atoms with E-state index >= 15 is 0 Å². The molecule has 0 saturated heterocycles. The summed E-state index contributed by atoms with van der Waals surface area (Å²) in [6, 6.07) is 21.0. The standard InChI is InChI=1S/C11H9N2O3.C5H5.Fe/c14-11-3-1-2-10(11)12-8-4-6-9(7-5-8)13(15)16;1-2-4-5-3-1;/h1-7,12,14H;1-5H;/q2*-1;+2. The van der Waals surface area contributed by atoms with E-state index in [0.717, 1.165) is 0 Å². The second kappa shape index (κ2) is 8.67. The van der Waals surface area contributed by atoms with Gasteiger partial charge in [0.1, 0.15) is 0 Å². The minimum atomic E-state index is -0.455. The topological polar surface area (TPSA) is 75.4 Å². The summed E-state index contributed by atoms with van der Waals surface area (Å²) in [6.45, 7) is 0. The average molecular weight is 338 g/mol. The van der Waals surface area contributed by atoms with Gasteiger partial charge in [0.2, 0.25) is 0 Å². The summed E-state index contributed by atoms with van der Waals surface area (Å²) in [6.07, 6.45) is 0. The van der Waals surface area contributed by atoms with Crippen LogP contribution in [0, 0.1) is 10.1 Å². The van der Waals surface area contributed by atoms with Crippen molar-refractivity contribution in [2.75, 3.05) is 5.32 Å². The number of nitrogens with one attached hydrogen (secondary N) is 1. The van der Waals surface area contributed by atoms with Crippen LogP contribution in [-0.2, 0) is 17.1 Å². The summed E-state index contributed by atoms with van der Waals surface area (Å²) in [5.74, 6) is 0.151. The maximum absolute atomic E-state index is 10.4. The van der Waals surface area contributed by atoms with Gasteiger partial charge in [0.25, 0.3) is 5.69 Å². The van der Waals surface area contributed by atoms with Gasteiger partial charge in [0.05, 0.1) is 4.92 Å². The largest absolute Gasteiger partial charge is 2.00 e. The second-order valence-corrected chi connectivity index (χ2v) is 4.22. The number of non-ortho nitro benzene ring substituents is 1. The fourth-order valence-electron chi connectivity index (χ4n) is 1.66. The summed E-state index contributed by atoms with van der Waals surface area (Å²) in [5.41, 5.74) is 1.30. The molecule has 5 nitrogen and oxygen atoms in total. The van der Waals surface area contributed by atoms with Gasteiger partial charge in [-0.3, -0.25) is 10.1 Å². The Hall–Kier alpha value is -2.56. The third-order valence-electron chi connectivity index (χ3n) is 2.71. The Labute approximate surface area is 138 Å². The van der Waals surface area contributed by atoms with Gasteiger partial charge in [-0.15, -0.1) is 6.07 Å². The number of hydrogen-bond acceptors (Lipinski definition) is 4. The van der Waals surface area contributed by atoms with E-state index in [-0.39, 0.29) is 28.5 Å². The fourth-order valence-corrected chi connectivity index (χ4v) is 1.66. The monoisotopic (exact) mass is 338 g/mol. The number of anilines is 2. The Morgan fingerprint density at radius 1 is 1.09 bits per heavy atom. The number of rotatable bonds is 3. The predicted octanol–water partition coefficient (Wildman–Crippen LogP) is 4.17. The third-order valence-corrected chi connectivity index (χ3v) is 2.71. The molecule has 0 saturated carbocycles. The second-order valence-electron chi connectivity index (χ2n) is 4.22. The van der Waals surface area contributed by atoms with Crippen molar-refractivity contribution in [2.45, 2.75) is 0 Å². The number of benzene rings is 1. The Morgan fingerprint density at radius 2 is 1.73 bits per heavy atom. The molecule has 114 valence electrons. The first kappa shape index (κ1) is 17.5. The molecule has 0 atom stereocenters. The van der Waals surface area contributed by atoms with Crippen molar-refractivity contribution in [1.29, 1.82) is 0 Å². The molecule has 0 aromatic heterocycles. The molecule has 3 rings (SSSR count). The maximum atomic E-state index is 10.4. The quantitative estimate of drug-likeness (QED) is 0.325. The molecule has 0 aliphatic carbocycles. The minimum absolute atomic E-state index is 0. The van der Waals surface area contributed by atoms with Crippen LogP contribution in [0.5, 0.6) is 5.75 Å². The number of hydrogen-bond donors (Lipinski definition) is 2. The van der Waals surface area contributed by atoms with Gasteiger partial charge >= 0.3 is 17.1 Å². The van der Waals surface area contributed by atoms with Gasteiger partial charge in [-0.1, -0.05) is 0 Å². The van der Waals surface area contributed by atoms with Crippen LogP contribution in [0.2, 0.25) is 0 Å². The van der Waals surface area contributed by atoms with E-state index in [0.29, 0.717) is 11.4 Å². The van der Waals surface area contributed by atoms with E-state index in [2.05, 4.69) is 5.32 Å². The Bertz CT molecular complexity index is 659. The van der Waals surface area contributed by atoms with Crippen molar-refractivity contribution in [3.05, 3.63) is 82.9 Å². The van der Waals surface area contributed by atoms with Crippen molar-refractivity contribution in [2.24, 2.45) is 0 Å². The normalized spacial score (nSPS) is 9.09. The van der Waals surface area contributed by atoms with Gasteiger partial charge in [-0.25, -0.2) is 18.2 Å². The number of nitrogens with zero attached hydrogens (tertiary/aromatic N) is 1. The van der Waals surface area contributed by atoms with E-state index in [1.807, 2.05) is 30.3 Å². The molecule has 0 heterocycles. The molecule has 3 aromatic rings. The predicted molar refractivity (Wildman–Crippen MR) is 82.1 cm³/mol. The Morgan fingerprint density at radius 3 is 2.14 bits per heavy atom. The van der Waals surface area contributed by atoms with Crippen LogP contribution in [0.25, 0.3) is 0 Å². The Kier molecular flexibility index (Phi) is 6.89. The molecule has 22 heavy (non-hydrogen) atoms. The smallest absolute Gasteiger partial charge is 0.564 e. The van der Waals surface area contributed by atoms with Gasteiger partial charge in [-0.2, -0.15) is 24.3 Å². The van der Waals surface area contributed by atoms with Crippen LogP contribution in [-0.4, -0.2) is 10.0 Å². The van der Waals surface area contributed by atoms with Crippen LogP contribution in [0.4, 0.5) is 17.1 Å². The van der Waals surface area contributed by atoms with Crippen molar-refractivity contribution in [1.82, 2.24) is 0 Å². The zero-order valence-corrected chi connectivity index (χ0v) is 12.6. The minimum Gasteiger partial charge on any atom is -0.564 e. The number of aromatic hydroxyl groups is 1. The van der Waals surface area contributed by atoms with E-state index in [1.165, 1.54) is 12.1 Å². The summed E-state index contributed by atoms with van der Waals surface area (Å²) in [5, 5.41) is 22.8. The molecule has 0 spiro atoms. The van der Waals surface area contributed by atoms with Crippen LogP contribution in [0.1, 0.15) is 0 Å². The van der Waals surface area contributed by atoms with Gasteiger partial charge in [0, 0.05) is 23.6 Å². The van der Waals surface area contributed by atoms with Crippen LogP contribution < -0.4 is 5.32 Å². The SMILES string of the molecule is O=[N+]([O-])c1ccc(Nc2ccc[c-]2O)cc1.[Fe+2].c1cc[cH-]c1. The Balaban J connectivity index is 0.000000344.